The highest BCUT2D eigenvalue weighted by Gasteiger charge is 2.46. The van der Waals surface area contributed by atoms with Crippen molar-refractivity contribution < 1.29 is 18.6 Å². The van der Waals surface area contributed by atoms with Gasteiger partial charge in [-0.3, -0.25) is 9.05 Å². The smallest absolute Gasteiger partial charge is 0.267 e. The maximum absolute atomic E-state index is 11.5. The van der Waals surface area contributed by atoms with Crippen molar-refractivity contribution in [3.8, 4) is 11.1 Å². The van der Waals surface area contributed by atoms with E-state index in [1.165, 1.54) is 13.8 Å². The molecule has 0 unspecified atom stereocenters. The van der Waals surface area contributed by atoms with Crippen molar-refractivity contribution >= 4 is 25.0 Å². The Morgan fingerprint density at radius 1 is 0.818 bits per heavy atom. The SMILES string of the molecule is CC(=O)O[P+](C)(OC(C)=O)c1ccccc1-c1ccccc1. The number of rotatable bonds is 4. The molecule has 0 N–H and O–H groups in total. The lowest BCUT2D eigenvalue weighted by atomic mass is 10.1. The van der Waals surface area contributed by atoms with Crippen molar-refractivity contribution in [1.29, 1.82) is 0 Å². The van der Waals surface area contributed by atoms with Crippen LogP contribution in [0.4, 0.5) is 0 Å². The van der Waals surface area contributed by atoms with Gasteiger partial charge in [0.15, 0.2) is 5.30 Å². The molecule has 22 heavy (non-hydrogen) atoms. The molecule has 0 spiro atoms. The fourth-order valence-corrected chi connectivity index (χ4v) is 4.51. The highest BCUT2D eigenvalue weighted by atomic mass is 31.2. The zero-order valence-electron chi connectivity index (χ0n) is 12.8. The third-order valence-corrected chi connectivity index (χ3v) is 5.51. The van der Waals surface area contributed by atoms with Crippen LogP contribution in [-0.4, -0.2) is 18.6 Å². The zero-order valence-corrected chi connectivity index (χ0v) is 13.7. The third-order valence-electron chi connectivity index (χ3n) is 3.03. The van der Waals surface area contributed by atoms with E-state index in [4.69, 9.17) is 9.05 Å². The first kappa shape index (κ1) is 16.2. The molecule has 0 aliphatic rings. The van der Waals surface area contributed by atoms with Gasteiger partial charge in [0.1, 0.15) is 6.66 Å². The van der Waals surface area contributed by atoms with Crippen molar-refractivity contribution in [2.45, 2.75) is 13.8 Å². The van der Waals surface area contributed by atoms with Crippen molar-refractivity contribution in [2.75, 3.05) is 6.66 Å². The summed E-state index contributed by atoms with van der Waals surface area (Å²) >= 11 is 0. The van der Waals surface area contributed by atoms with Crippen LogP contribution in [0.3, 0.4) is 0 Å². The van der Waals surface area contributed by atoms with Crippen LogP contribution >= 0.6 is 7.72 Å². The van der Waals surface area contributed by atoms with E-state index >= 15 is 0 Å². The minimum absolute atomic E-state index is 0.472. The highest BCUT2D eigenvalue weighted by Crippen LogP contribution is 2.58. The molecule has 0 aliphatic carbocycles. The van der Waals surface area contributed by atoms with Gasteiger partial charge in [-0.1, -0.05) is 48.5 Å². The van der Waals surface area contributed by atoms with E-state index in [1.807, 2.05) is 54.6 Å². The van der Waals surface area contributed by atoms with Gasteiger partial charge in [-0.05, 0) is 11.6 Å². The van der Waals surface area contributed by atoms with Crippen LogP contribution in [-0.2, 0) is 18.6 Å². The van der Waals surface area contributed by atoms with Crippen molar-refractivity contribution in [2.24, 2.45) is 0 Å². The second kappa shape index (κ2) is 6.71. The molecule has 4 nitrogen and oxygen atoms in total. The summed E-state index contributed by atoms with van der Waals surface area (Å²) in [6.45, 7) is 4.30. The average Bonchev–Trinajstić information content (AvgIpc) is 2.46. The van der Waals surface area contributed by atoms with E-state index in [0.29, 0.717) is 0 Å². The Bertz CT molecular complexity index is 666. The molecule has 0 fully saturated rings. The Morgan fingerprint density at radius 2 is 1.32 bits per heavy atom. The predicted molar refractivity (Wildman–Crippen MR) is 87.9 cm³/mol. The maximum atomic E-state index is 11.5. The largest absolute Gasteiger partial charge is 0.403 e. The molecule has 0 aliphatic heterocycles. The number of hydrogen-bond acceptors (Lipinski definition) is 4. The van der Waals surface area contributed by atoms with E-state index in [-0.39, 0.29) is 0 Å². The Balaban J connectivity index is 2.57. The van der Waals surface area contributed by atoms with Gasteiger partial charge < -0.3 is 0 Å². The normalized spacial score (nSPS) is 10.9. The van der Waals surface area contributed by atoms with Gasteiger partial charge in [-0.2, -0.15) is 0 Å². The number of carbonyl (C=O) groups excluding carboxylic acids is 2. The predicted octanol–water partition coefficient (Wildman–Crippen LogP) is 3.58. The Kier molecular flexibility index (Phi) is 4.94. The summed E-state index contributed by atoms with van der Waals surface area (Å²) in [6.07, 6.45) is 0. The summed E-state index contributed by atoms with van der Waals surface area (Å²) in [7, 11) is -2.84. The molecule has 0 bridgehead atoms. The van der Waals surface area contributed by atoms with Crippen LogP contribution in [0.25, 0.3) is 11.1 Å². The fraction of sp³-hybridized carbons (Fsp3) is 0.176. The number of benzene rings is 2. The van der Waals surface area contributed by atoms with Crippen LogP contribution in [0, 0.1) is 0 Å². The van der Waals surface area contributed by atoms with Crippen LogP contribution in [0.15, 0.2) is 54.6 Å². The van der Waals surface area contributed by atoms with E-state index in [9.17, 15) is 9.59 Å². The molecule has 0 radical (unpaired) electrons. The van der Waals surface area contributed by atoms with Crippen LogP contribution in [0.5, 0.6) is 0 Å². The molecule has 0 atom stereocenters. The summed E-state index contributed by atoms with van der Waals surface area (Å²) < 4.78 is 10.9. The van der Waals surface area contributed by atoms with Gasteiger partial charge in [-0.25, -0.2) is 9.59 Å². The van der Waals surface area contributed by atoms with Gasteiger partial charge in [0.05, 0.1) is 0 Å². The summed E-state index contributed by atoms with van der Waals surface area (Å²) in [5.74, 6) is -0.945. The third kappa shape index (κ3) is 3.71. The van der Waals surface area contributed by atoms with Gasteiger partial charge in [0.25, 0.3) is 0 Å². The Morgan fingerprint density at radius 3 is 1.86 bits per heavy atom. The van der Waals surface area contributed by atoms with Gasteiger partial charge >= 0.3 is 19.7 Å². The minimum atomic E-state index is -2.84. The molecule has 2 aromatic rings. The molecule has 5 heteroatoms. The molecule has 2 aromatic carbocycles. The molecular formula is C17H18O4P+. The highest BCUT2D eigenvalue weighted by molar-refractivity contribution is 7.74. The molecular weight excluding hydrogens is 299 g/mol. The first-order chi connectivity index (χ1) is 10.4. The van der Waals surface area contributed by atoms with Crippen molar-refractivity contribution in [3.63, 3.8) is 0 Å². The maximum Gasteiger partial charge on any atom is 0.403 e. The summed E-state index contributed by atoms with van der Waals surface area (Å²) in [6, 6.07) is 17.2. The second-order valence-electron chi connectivity index (χ2n) is 4.89. The summed E-state index contributed by atoms with van der Waals surface area (Å²) in [5.41, 5.74) is 1.87. The standard InChI is InChI=1S/C17H18O4P/c1-13(18)20-22(3,21-14(2)19)17-12-8-7-11-16(17)15-9-5-4-6-10-15/h4-12H,1-3H3/q+1. The molecule has 0 heterocycles. The van der Waals surface area contributed by atoms with Crippen LogP contribution in [0.1, 0.15) is 13.8 Å². The van der Waals surface area contributed by atoms with E-state index < -0.39 is 19.7 Å². The van der Waals surface area contributed by atoms with Gasteiger partial charge in [-0.15, -0.1) is 0 Å². The first-order valence-corrected chi connectivity index (χ1v) is 8.91. The first-order valence-electron chi connectivity index (χ1n) is 6.84. The van der Waals surface area contributed by atoms with E-state index in [2.05, 4.69) is 0 Å². The molecule has 2 rings (SSSR count). The van der Waals surface area contributed by atoms with Crippen LogP contribution < -0.4 is 5.30 Å². The number of hydrogen-bond donors (Lipinski definition) is 0. The molecule has 0 saturated heterocycles. The van der Waals surface area contributed by atoms with Crippen LogP contribution in [0.2, 0.25) is 0 Å². The molecule has 0 saturated carbocycles. The van der Waals surface area contributed by atoms with E-state index in [1.54, 1.807) is 6.66 Å². The summed E-state index contributed by atoms with van der Waals surface area (Å²) in [4.78, 5) is 23.0. The van der Waals surface area contributed by atoms with Crippen molar-refractivity contribution in [3.05, 3.63) is 54.6 Å². The zero-order chi connectivity index (χ0) is 16.2. The average molecular weight is 317 g/mol. The van der Waals surface area contributed by atoms with E-state index in [0.717, 1.165) is 16.4 Å². The summed E-state index contributed by atoms with van der Waals surface area (Å²) in [5, 5.41) is 0.728. The number of carbonyl (C=O) groups is 2. The minimum Gasteiger partial charge on any atom is -0.267 e. The monoisotopic (exact) mass is 317 g/mol. The second-order valence-corrected chi connectivity index (χ2v) is 7.43. The Labute approximate surface area is 130 Å². The quantitative estimate of drug-likeness (QED) is 0.809. The fourth-order valence-electron chi connectivity index (χ4n) is 2.30. The van der Waals surface area contributed by atoms with Crippen molar-refractivity contribution in [1.82, 2.24) is 0 Å². The molecule has 0 aromatic heterocycles. The topological polar surface area (TPSA) is 52.6 Å². The lowest BCUT2D eigenvalue weighted by Crippen LogP contribution is -2.21. The van der Waals surface area contributed by atoms with Gasteiger partial charge in [0, 0.05) is 19.4 Å². The lowest BCUT2D eigenvalue weighted by Gasteiger charge is -2.19. The molecule has 114 valence electrons. The Hall–Kier alpha value is -2.19. The van der Waals surface area contributed by atoms with Gasteiger partial charge in [0.2, 0.25) is 0 Å². The lowest BCUT2D eigenvalue weighted by molar-refractivity contribution is -0.135. The molecule has 0 amide bonds.